The molecule has 24 heavy (non-hydrogen) atoms. The number of hydrogen-bond donors (Lipinski definition) is 1. The van der Waals surface area contributed by atoms with Crippen LogP contribution in [-0.2, 0) is 6.54 Å². The van der Waals surface area contributed by atoms with Gasteiger partial charge in [0.15, 0.2) is 5.65 Å². The van der Waals surface area contributed by atoms with E-state index in [1.165, 1.54) is 12.1 Å². The van der Waals surface area contributed by atoms with E-state index in [1.54, 1.807) is 12.1 Å². The standard InChI is InChI=1S/C18H20FN5/c1-13-22-17-16(23-10-8-20-9-11-23)6-7-21-18(17)24(13)12-14-2-4-15(19)5-3-14/h2-7,20H,8-12H2,1H3. The molecule has 1 aliphatic rings. The summed E-state index contributed by atoms with van der Waals surface area (Å²) >= 11 is 0. The Balaban J connectivity index is 1.74. The first kappa shape index (κ1) is 15.1. The van der Waals surface area contributed by atoms with Crippen LogP contribution in [0.25, 0.3) is 11.2 Å². The van der Waals surface area contributed by atoms with E-state index in [4.69, 9.17) is 4.98 Å². The number of fused-ring (bicyclic) bond motifs is 1. The lowest BCUT2D eigenvalue weighted by molar-refractivity contribution is 0.590. The van der Waals surface area contributed by atoms with Crippen molar-refractivity contribution in [1.82, 2.24) is 19.9 Å². The summed E-state index contributed by atoms with van der Waals surface area (Å²) in [4.78, 5) is 11.7. The van der Waals surface area contributed by atoms with Crippen molar-refractivity contribution in [1.29, 1.82) is 0 Å². The molecule has 1 aliphatic heterocycles. The molecule has 0 spiro atoms. The molecule has 3 aromatic rings. The lowest BCUT2D eigenvalue weighted by atomic mass is 10.2. The van der Waals surface area contributed by atoms with Crippen molar-refractivity contribution in [2.45, 2.75) is 13.5 Å². The molecule has 0 unspecified atom stereocenters. The number of halogens is 1. The average molecular weight is 325 g/mol. The maximum Gasteiger partial charge on any atom is 0.162 e. The zero-order valence-corrected chi connectivity index (χ0v) is 13.7. The second kappa shape index (κ2) is 6.20. The smallest absolute Gasteiger partial charge is 0.162 e. The summed E-state index contributed by atoms with van der Waals surface area (Å²) in [6.07, 6.45) is 1.85. The Bertz CT molecular complexity index is 850. The van der Waals surface area contributed by atoms with Crippen molar-refractivity contribution in [3.63, 3.8) is 0 Å². The van der Waals surface area contributed by atoms with E-state index in [2.05, 4.69) is 19.8 Å². The van der Waals surface area contributed by atoms with Crippen LogP contribution in [0.15, 0.2) is 36.5 Å². The molecular weight excluding hydrogens is 305 g/mol. The van der Waals surface area contributed by atoms with E-state index in [-0.39, 0.29) is 5.82 Å². The zero-order chi connectivity index (χ0) is 16.5. The van der Waals surface area contributed by atoms with E-state index in [0.717, 1.165) is 54.4 Å². The highest BCUT2D eigenvalue weighted by atomic mass is 19.1. The van der Waals surface area contributed by atoms with Gasteiger partial charge >= 0.3 is 0 Å². The van der Waals surface area contributed by atoms with Gasteiger partial charge in [-0.3, -0.25) is 0 Å². The normalized spacial score (nSPS) is 15.2. The molecule has 1 N–H and O–H groups in total. The molecule has 1 fully saturated rings. The summed E-state index contributed by atoms with van der Waals surface area (Å²) in [6, 6.07) is 8.64. The molecule has 5 nitrogen and oxygen atoms in total. The zero-order valence-electron chi connectivity index (χ0n) is 13.7. The fourth-order valence-electron chi connectivity index (χ4n) is 3.24. The maximum absolute atomic E-state index is 13.1. The molecule has 124 valence electrons. The van der Waals surface area contributed by atoms with E-state index in [1.807, 2.05) is 19.2 Å². The van der Waals surface area contributed by atoms with Gasteiger partial charge in [-0.2, -0.15) is 0 Å². The third-order valence-corrected chi connectivity index (χ3v) is 4.52. The van der Waals surface area contributed by atoms with Gasteiger partial charge in [-0.15, -0.1) is 0 Å². The highest BCUT2D eigenvalue weighted by Gasteiger charge is 2.18. The van der Waals surface area contributed by atoms with Crippen molar-refractivity contribution >= 4 is 16.9 Å². The number of imidazole rings is 1. The Hall–Kier alpha value is -2.47. The number of nitrogens with one attached hydrogen (secondary N) is 1. The maximum atomic E-state index is 13.1. The van der Waals surface area contributed by atoms with E-state index in [0.29, 0.717) is 6.54 Å². The van der Waals surface area contributed by atoms with Crippen molar-refractivity contribution < 1.29 is 4.39 Å². The molecule has 0 saturated carbocycles. The molecule has 1 saturated heterocycles. The summed E-state index contributed by atoms with van der Waals surface area (Å²) in [5.41, 5.74) is 4.00. The van der Waals surface area contributed by atoms with Crippen LogP contribution in [0.5, 0.6) is 0 Å². The molecule has 0 radical (unpaired) electrons. The van der Waals surface area contributed by atoms with Crippen LogP contribution in [0, 0.1) is 12.7 Å². The van der Waals surface area contributed by atoms with E-state index >= 15 is 0 Å². The predicted octanol–water partition coefficient (Wildman–Crippen LogP) is 2.34. The van der Waals surface area contributed by atoms with Gasteiger partial charge in [0.2, 0.25) is 0 Å². The van der Waals surface area contributed by atoms with Crippen molar-refractivity contribution in [2.75, 3.05) is 31.1 Å². The van der Waals surface area contributed by atoms with Gasteiger partial charge < -0.3 is 14.8 Å². The molecule has 4 rings (SSSR count). The van der Waals surface area contributed by atoms with Gasteiger partial charge in [-0.1, -0.05) is 12.1 Å². The van der Waals surface area contributed by atoms with Crippen LogP contribution in [0.3, 0.4) is 0 Å². The van der Waals surface area contributed by atoms with Gasteiger partial charge in [0.05, 0.1) is 12.2 Å². The first-order chi connectivity index (χ1) is 11.7. The minimum atomic E-state index is -0.218. The highest BCUT2D eigenvalue weighted by Crippen LogP contribution is 2.26. The molecule has 0 amide bonds. The van der Waals surface area contributed by atoms with Gasteiger partial charge in [-0.05, 0) is 30.7 Å². The van der Waals surface area contributed by atoms with Gasteiger partial charge in [0.25, 0.3) is 0 Å². The summed E-state index contributed by atoms with van der Waals surface area (Å²) in [6.45, 7) is 6.55. The first-order valence-electron chi connectivity index (χ1n) is 8.24. The summed E-state index contributed by atoms with van der Waals surface area (Å²) in [7, 11) is 0. The second-order valence-electron chi connectivity index (χ2n) is 6.11. The van der Waals surface area contributed by atoms with Crippen LogP contribution in [0.1, 0.15) is 11.4 Å². The lowest BCUT2D eigenvalue weighted by Crippen LogP contribution is -2.43. The number of anilines is 1. The highest BCUT2D eigenvalue weighted by molar-refractivity contribution is 5.86. The monoisotopic (exact) mass is 325 g/mol. The molecule has 0 aliphatic carbocycles. The average Bonchev–Trinajstić information content (AvgIpc) is 2.93. The largest absolute Gasteiger partial charge is 0.367 e. The Morgan fingerprint density at radius 2 is 1.88 bits per heavy atom. The molecule has 0 bridgehead atoms. The van der Waals surface area contributed by atoms with Gasteiger partial charge in [0, 0.05) is 32.4 Å². The number of aromatic nitrogens is 3. The number of hydrogen-bond acceptors (Lipinski definition) is 4. The Kier molecular flexibility index (Phi) is 3.90. The Morgan fingerprint density at radius 1 is 1.12 bits per heavy atom. The minimum Gasteiger partial charge on any atom is -0.367 e. The molecule has 0 atom stereocenters. The third-order valence-electron chi connectivity index (χ3n) is 4.52. The van der Waals surface area contributed by atoms with Crippen LogP contribution in [-0.4, -0.2) is 40.7 Å². The topological polar surface area (TPSA) is 46.0 Å². The van der Waals surface area contributed by atoms with Crippen LogP contribution in [0.2, 0.25) is 0 Å². The van der Waals surface area contributed by atoms with Crippen molar-refractivity contribution in [3.8, 4) is 0 Å². The van der Waals surface area contributed by atoms with Crippen LogP contribution in [0.4, 0.5) is 10.1 Å². The van der Waals surface area contributed by atoms with Crippen LogP contribution < -0.4 is 10.2 Å². The molecular formula is C18H20FN5. The number of nitrogens with zero attached hydrogens (tertiary/aromatic N) is 4. The fraction of sp³-hybridized carbons (Fsp3) is 0.333. The molecule has 6 heteroatoms. The van der Waals surface area contributed by atoms with Gasteiger partial charge in [0.1, 0.15) is 17.2 Å². The number of pyridine rings is 1. The van der Waals surface area contributed by atoms with E-state index in [9.17, 15) is 4.39 Å². The molecule has 2 aromatic heterocycles. The Labute approximate surface area is 140 Å². The lowest BCUT2D eigenvalue weighted by Gasteiger charge is -2.29. The third kappa shape index (κ3) is 2.73. The quantitative estimate of drug-likeness (QED) is 0.803. The number of piperazine rings is 1. The SMILES string of the molecule is Cc1nc2c(N3CCNCC3)ccnc2n1Cc1ccc(F)cc1. The van der Waals surface area contributed by atoms with Gasteiger partial charge in [-0.25, -0.2) is 14.4 Å². The number of rotatable bonds is 3. The van der Waals surface area contributed by atoms with Crippen molar-refractivity contribution in [2.24, 2.45) is 0 Å². The molecule has 1 aromatic carbocycles. The minimum absolute atomic E-state index is 0.218. The second-order valence-corrected chi connectivity index (χ2v) is 6.11. The number of benzene rings is 1. The molecule has 3 heterocycles. The summed E-state index contributed by atoms with van der Waals surface area (Å²) in [5.74, 6) is 0.703. The summed E-state index contributed by atoms with van der Waals surface area (Å²) < 4.78 is 15.2. The fourth-order valence-corrected chi connectivity index (χ4v) is 3.24. The van der Waals surface area contributed by atoms with E-state index < -0.39 is 0 Å². The predicted molar refractivity (Wildman–Crippen MR) is 92.8 cm³/mol. The number of aryl methyl sites for hydroxylation is 1. The van der Waals surface area contributed by atoms with Crippen LogP contribution >= 0.6 is 0 Å². The Morgan fingerprint density at radius 3 is 2.62 bits per heavy atom. The first-order valence-corrected chi connectivity index (χ1v) is 8.24. The van der Waals surface area contributed by atoms with Crippen molar-refractivity contribution in [3.05, 3.63) is 53.7 Å². The summed E-state index contributed by atoms with van der Waals surface area (Å²) in [5, 5.41) is 3.37.